The molecule has 5 nitrogen and oxygen atoms in total. The van der Waals surface area contributed by atoms with E-state index >= 15 is 0 Å². The Hall–Kier alpha value is -5.42. The molecule has 0 N–H and O–H groups in total. The molecule has 5 aromatic carbocycles. The molecule has 0 aliphatic heterocycles. The normalized spacial score (nSPS) is 10.9. The zero-order valence-electron chi connectivity index (χ0n) is 28.3. The Morgan fingerprint density at radius 3 is 1.06 bits per heavy atom. The van der Waals surface area contributed by atoms with Gasteiger partial charge in [-0.25, -0.2) is 0 Å². The van der Waals surface area contributed by atoms with Gasteiger partial charge in [0, 0.05) is 29.2 Å². The van der Waals surface area contributed by atoms with Crippen LogP contribution in [0, 0.1) is 0 Å². The van der Waals surface area contributed by atoms with Gasteiger partial charge in [0.15, 0.2) is 0 Å². The molecule has 5 heteroatoms. The molecule has 0 bridgehead atoms. The highest BCUT2D eigenvalue weighted by Gasteiger charge is 2.17. The molecule has 0 spiro atoms. The molecule has 5 aromatic rings. The second kappa shape index (κ2) is 14.8. The summed E-state index contributed by atoms with van der Waals surface area (Å²) in [5, 5.41) is 0. The Kier molecular flexibility index (Phi) is 10.4. The van der Waals surface area contributed by atoms with Gasteiger partial charge in [0.25, 0.3) is 0 Å². The number of hydrogen-bond acceptors (Lipinski definition) is 5. The Morgan fingerprint density at radius 2 is 0.787 bits per heavy atom. The van der Waals surface area contributed by atoms with E-state index < -0.39 is 0 Å². The fourth-order valence-electron chi connectivity index (χ4n) is 5.31. The predicted octanol–water partition coefficient (Wildman–Crippen LogP) is 10.0. The first kappa shape index (κ1) is 33.0. The zero-order chi connectivity index (χ0) is 33.4. The third-order valence-corrected chi connectivity index (χ3v) is 8.15. The lowest BCUT2D eigenvalue weighted by atomic mass is 9.87. The lowest BCUT2D eigenvalue weighted by molar-refractivity contribution is 0.414. The van der Waals surface area contributed by atoms with E-state index in [1.807, 2.05) is 48.5 Å². The van der Waals surface area contributed by atoms with Crippen LogP contribution in [0.2, 0.25) is 0 Å². The highest BCUT2D eigenvalue weighted by atomic mass is 16.5. The molecule has 0 aromatic heterocycles. The fourth-order valence-corrected chi connectivity index (χ4v) is 5.31. The molecule has 0 atom stereocenters. The highest BCUT2D eigenvalue weighted by molar-refractivity contribution is 5.86. The van der Waals surface area contributed by atoms with Crippen molar-refractivity contribution in [3.8, 4) is 23.0 Å². The molecule has 0 heterocycles. The fraction of sp³-hybridized carbons (Fsp3) is 0.190. The number of methoxy groups -OCH3 is 4. The average molecular weight is 626 g/mol. The van der Waals surface area contributed by atoms with E-state index in [1.54, 1.807) is 28.4 Å². The molecular weight excluding hydrogens is 582 g/mol. The molecule has 0 aliphatic rings. The van der Waals surface area contributed by atoms with Crippen LogP contribution in [0.1, 0.15) is 48.6 Å². The molecule has 0 aliphatic carbocycles. The van der Waals surface area contributed by atoms with Crippen molar-refractivity contribution in [1.29, 1.82) is 0 Å². The van der Waals surface area contributed by atoms with Gasteiger partial charge < -0.3 is 23.8 Å². The minimum atomic E-state index is -0.0291. The molecule has 0 saturated heterocycles. The second-order valence-electron chi connectivity index (χ2n) is 12.2. The van der Waals surface area contributed by atoms with Gasteiger partial charge in [0.1, 0.15) is 23.0 Å². The van der Waals surface area contributed by atoms with Crippen LogP contribution in [0.5, 0.6) is 23.0 Å². The van der Waals surface area contributed by atoms with Crippen molar-refractivity contribution in [3.05, 3.63) is 162 Å². The summed E-state index contributed by atoms with van der Waals surface area (Å²) in [6.45, 7) is 6.72. The molecule has 0 amide bonds. The minimum Gasteiger partial charge on any atom is -0.497 e. The third-order valence-electron chi connectivity index (χ3n) is 8.15. The monoisotopic (exact) mass is 625 g/mol. The molecule has 0 unspecified atom stereocenters. The number of nitrogens with zero attached hydrogens (tertiary/aromatic N) is 1. The van der Waals surface area contributed by atoms with Crippen molar-refractivity contribution in [1.82, 2.24) is 0 Å². The van der Waals surface area contributed by atoms with E-state index in [9.17, 15) is 0 Å². The van der Waals surface area contributed by atoms with Crippen molar-refractivity contribution >= 4 is 16.8 Å². The van der Waals surface area contributed by atoms with Gasteiger partial charge in [-0.2, -0.15) is 0 Å². The lowest BCUT2D eigenvalue weighted by Gasteiger charge is -2.25. The Balaban J connectivity index is 1.78. The molecule has 47 heavy (non-hydrogen) atoms. The molecule has 240 valence electrons. The number of ether oxygens (including phenoxy) is 4. The van der Waals surface area contributed by atoms with Crippen LogP contribution >= 0.6 is 0 Å². The summed E-state index contributed by atoms with van der Waals surface area (Å²) in [6.07, 6.45) is 4.41. The van der Waals surface area contributed by atoms with Crippen molar-refractivity contribution in [2.75, 3.05) is 33.3 Å². The SMILES string of the molecule is COc1ccc(C(=CN(C=C(c2ccc(OC)cc2)c2ccc(OC)cc2)c2cccc(C(C)(C)C)c2)c2ccc(OC)cc2)cc1. The number of hydrogen-bond donors (Lipinski definition) is 0. The summed E-state index contributed by atoms with van der Waals surface area (Å²) >= 11 is 0. The van der Waals surface area contributed by atoms with Gasteiger partial charge in [-0.15, -0.1) is 0 Å². The highest BCUT2D eigenvalue weighted by Crippen LogP contribution is 2.34. The summed E-state index contributed by atoms with van der Waals surface area (Å²) in [5.74, 6) is 3.22. The van der Waals surface area contributed by atoms with Gasteiger partial charge in [-0.1, -0.05) is 81.4 Å². The van der Waals surface area contributed by atoms with Crippen molar-refractivity contribution < 1.29 is 18.9 Å². The number of anilines is 1. The van der Waals surface area contributed by atoms with E-state index in [0.29, 0.717) is 0 Å². The van der Waals surface area contributed by atoms with Crippen molar-refractivity contribution in [2.45, 2.75) is 26.2 Å². The van der Waals surface area contributed by atoms with Crippen LogP contribution in [0.4, 0.5) is 5.69 Å². The maximum atomic E-state index is 5.49. The molecular formula is C42H43NO4. The van der Waals surface area contributed by atoms with Crippen LogP contribution in [-0.2, 0) is 5.41 Å². The van der Waals surface area contributed by atoms with Gasteiger partial charge in [-0.05, 0) is 93.9 Å². The molecule has 0 saturated carbocycles. The predicted molar refractivity (Wildman–Crippen MR) is 194 cm³/mol. The summed E-state index contributed by atoms with van der Waals surface area (Å²) in [4.78, 5) is 2.23. The standard InChI is InChI=1S/C42H43NO4/c1-42(2,3)34-9-8-10-35(27-34)43(28-40(30-11-19-36(44-4)20-12-30)31-13-21-37(45-5)22-14-31)29-41(32-15-23-38(46-6)24-16-32)33-17-25-39(47-7)26-18-33/h8-29H,1-7H3. The zero-order valence-corrected chi connectivity index (χ0v) is 28.3. The van der Waals surface area contributed by atoms with Crippen molar-refractivity contribution in [2.24, 2.45) is 0 Å². The van der Waals surface area contributed by atoms with Gasteiger partial charge in [0.2, 0.25) is 0 Å². The van der Waals surface area contributed by atoms with Crippen LogP contribution in [-0.4, -0.2) is 28.4 Å². The van der Waals surface area contributed by atoms with Gasteiger partial charge >= 0.3 is 0 Å². The first-order valence-electron chi connectivity index (χ1n) is 15.6. The van der Waals surface area contributed by atoms with E-state index in [2.05, 4.69) is 111 Å². The Bertz CT molecular complexity index is 1610. The first-order chi connectivity index (χ1) is 22.7. The number of benzene rings is 5. The minimum absolute atomic E-state index is 0.0291. The first-order valence-corrected chi connectivity index (χ1v) is 15.6. The Morgan fingerprint density at radius 1 is 0.468 bits per heavy atom. The quantitative estimate of drug-likeness (QED) is 0.146. The van der Waals surface area contributed by atoms with Crippen LogP contribution in [0.3, 0.4) is 0 Å². The summed E-state index contributed by atoms with van der Waals surface area (Å²) in [6, 6.07) is 41.4. The smallest absolute Gasteiger partial charge is 0.118 e. The van der Waals surface area contributed by atoms with E-state index in [0.717, 1.165) is 62.1 Å². The largest absolute Gasteiger partial charge is 0.497 e. The molecule has 0 radical (unpaired) electrons. The van der Waals surface area contributed by atoms with Gasteiger partial charge in [0.05, 0.1) is 28.4 Å². The third kappa shape index (κ3) is 8.06. The Labute approximate surface area is 279 Å². The maximum Gasteiger partial charge on any atom is 0.118 e. The van der Waals surface area contributed by atoms with E-state index in [1.165, 1.54) is 5.56 Å². The summed E-state index contributed by atoms with van der Waals surface area (Å²) < 4.78 is 22.0. The van der Waals surface area contributed by atoms with Gasteiger partial charge in [-0.3, -0.25) is 0 Å². The van der Waals surface area contributed by atoms with Crippen LogP contribution in [0.15, 0.2) is 134 Å². The van der Waals surface area contributed by atoms with Crippen LogP contribution in [0.25, 0.3) is 11.1 Å². The van der Waals surface area contributed by atoms with Crippen molar-refractivity contribution in [3.63, 3.8) is 0 Å². The number of rotatable bonds is 11. The average Bonchev–Trinajstić information content (AvgIpc) is 3.12. The lowest BCUT2D eigenvalue weighted by Crippen LogP contribution is -2.14. The summed E-state index contributed by atoms with van der Waals surface area (Å²) in [7, 11) is 6.74. The topological polar surface area (TPSA) is 40.2 Å². The van der Waals surface area contributed by atoms with E-state index in [4.69, 9.17) is 18.9 Å². The van der Waals surface area contributed by atoms with E-state index in [-0.39, 0.29) is 5.41 Å². The summed E-state index contributed by atoms with van der Waals surface area (Å²) in [5.41, 5.74) is 8.54. The molecule has 5 rings (SSSR count). The maximum absolute atomic E-state index is 5.49. The van der Waals surface area contributed by atoms with Crippen LogP contribution < -0.4 is 23.8 Å². The molecule has 0 fully saturated rings. The second-order valence-corrected chi connectivity index (χ2v) is 12.2.